The number of piperazine rings is 1. The van der Waals surface area contributed by atoms with Crippen LogP contribution in [-0.2, 0) is 4.79 Å². The Kier molecular flexibility index (Phi) is 5.88. The number of benzene rings is 1. The average molecular weight is 382 g/mol. The van der Waals surface area contributed by atoms with Gasteiger partial charge in [-0.1, -0.05) is 0 Å². The molecule has 0 aromatic heterocycles. The molecular formula is C18H24ClN3O4. The van der Waals surface area contributed by atoms with Crippen LogP contribution in [0.3, 0.4) is 0 Å². The van der Waals surface area contributed by atoms with Crippen molar-refractivity contribution in [2.75, 3.05) is 46.1 Å². The summed E-state index contributed by atoms with van der Waals surface area (Å²) in [5.41, 5.74) is 0.598. The lowest BCUT2D eigenvalue weighted by Gasteiger charge is -2.37. The first-order chi connectivity index (χ1) is 12.2. The van der Waals surface area contributed by atoms with Gasteiger partial charge in [-0.2, -0.15) is 0 Å². The first-order valence-corrected chi connectivity index (χ1v) is 8.91. The fourth-order valence-electron chi connectivity index (χ4n) is 3.66. The quantitative estimate of drug-likeness (QED) is 0.831. The van der Waals surface area contributed by atoms with Crippen molar-refractivity contribution >= 4 is 24.2 Å². The number of ether oxygens (including phenoxy) is 2. The van der Waals surface area contributed by atoms with Gasteiger partial charge < -0.3 is 24.6 Å². The van der Waals surface area contributed by atoms with Gasteiger partial charge in [-0.05, 0) is 37.6 Å². The molecule has 2 amide bonds. The lowest BCUT2D eigenvalue weighted by atomic mass is 9.98. The van der Waals surface area contributed by atoms with E-state index in [-0.39, 0.29) is 36.9 Å². The molecule has 1 aromatic rings. The molecule has 0 spiro atoms. The monoisotopic (exact) mass is 381 g/mol. The molecule has 7 nitrogen and oxygen atoms in total. The fourth-order valence-corrected chi connectivity index (χ4v) is 3.66. The van der Waals surface area contributed by atoms with Crippen LogP contribution in [0.4, 0.5) is 0 Å². The molecule has 0 aliphatic carbocycles. The van der Waals surface area contributed by atoms with E-state index in [1.165, 1.54) is 0 Å². The lowest BCUT2D eigenvalue weighted by Crippen LogP contribution is -2.53. The first kappa shape index (κ1) is 18.8. The van der Waals surface area contributed by atoms with E-state index in [0.29, 0.717) is 43.2 Å². The summed E-state index contributed by atoms with van der Waals surface area (Å²) in [6.45, 7) is 4.32. The molecule has 4 rings (SSSR count). The minimum absolute atomic E-state index is 0. The standard InChI is InChI=1S/C18H23N3O4.ClH/c22-17(13-3-4-15-16(10-13)25-12-24-15)20-6-8-21(9-7-20)18(23)14-2-1-5-19-11-14;/h3-4,10,14,19H,1-2,5-9,11-12H2;1H. The summed E-state index contributed by atoms with van der Waals surface area (Å²) in [6.07, 6.45) is 2.02. The van der Waals surface area contributed by atoms with E-state index in [4.69, 9.17) is 9.47 Å². The molecule has 0 bridgehead atoms. The summed E-state index contributed by atoms with van der Waals surface area (Å²) in [7, 11) is 0. The highest BCUT2D eigenvalue weighted by molar-refractivity contribution is 5.95. The number of nitrogens with one attached hydrogen (secondary N) is 1. The minimum atomic E-state index is -0.0234. The van der Waals surface area contributed by atoms with Gasteiger partial charge >= 0.3 is 0 Å². The molecule has 1 aromatic carbocycles. The van der Waals surface area contributed by atoms with Gasteiger partial charge in [-0.3, -0.25) is 9.59 Å². The van der Waals surface area contributed by atoms with Gasteiger partial charge in [0.1, 0.15) is 0 Å². The van der Waals surface area contributed by atoms with Crippen molar-refractivity contribution in [3.8, 4) is 11.5 Å². The highest BCUT2D eigenvalue weighted by atomic mass is 35.5. The number of hydrogen-bond acceptors (Lipinski definition) is 5. The molecule has 3 aliphatic rings. The Morgan fingerprint density at radius 1 is 1.04 bits per heavy atom. The van der Waals surface area contributed by atoms with Crippen LogP contribution in [0.5, 0.6) is 11.5 Å². The van der Waals surface area contributed by atoms with Crippen molar-refractivity contribution in [2.45, 2.75) is 12.8 Å². The number of amides is 2. The summed E-state index contributed by atoms with van der Waals surface area (Å²) in [5, 5.41) is 3.29. The number of fused-ring (bicyclic) bond motifs is 1. The molecule has 3 aliphatic heterocycles. The molecule has 3 heterocycles. The third kappa shape index (κ3) is 3.73. The van der Waals surface area contributed by atoms with E-state index in [2.05, 4.69) is 5.32 Å². The Hall–Kier alpha value is -1.99. The second kappa shape index (κ2) is 8.14. The fraction of sp³-hybridized carbons (Fsp3) is 0.556. The lowest BCUT2D eigenvalue weighted by molar-refractivity contribution is -0.137. The zero-order chi connectivity index (χ0) is 17.2. The van der Waals surface area contributed by atoms with Crippen LogP contribution < -0.4 is 14.8 Å². The summed E-state index contributed by atoms with van der Waals surface area (Å²) in [4.78, 5) is 29.0. The first-order valence-electron chi connectivity index (χ1n) is 8.91. The van der Waals surface area contributed by atoms with Crippen molar-refractivity contribution in [3.63, 3.8) is 0 Å². The van der Waals surface area contributed by atoms with E-state index >= 15 is 0 Å². The summed E-state index contributed by atoms with van der Waals surface area (Å²) < 4.78 is 10.6. The van der Waals surface area contributed by atoms with Crippen molar-refractivity contribution < 1.29 is 19.1 Å². The zero-order valence-corrected chi connectivity index (χ0v) is 15.4. The molecule has 2 fully saturated rings. The maximum absolute atomic E-state index is 12.7. The predicted molar refractivity (Wildman–Crippen MR) is 97.9 cm³/mol. The van der Waals surface area contributed by atoms with Gasteiger partial charge in [0.15, 0.2) is 11.5 Å². The van der Waals surface area contributed by atoms with Crippen molar-refractivity contribution in [1.82, 2.24) is 15.1 Å². The summed E-state index contributed by atoms with van der Waals surface area (Å²) >= 11 is 0. The second-order valence-corrected chi connectivity index (χ2v) is 6.73. The smallest absolute Gasteiger partial charge is 0.254 e. The maximum Gasteiger partial charge on any atom is 0.254 e. The van der Waals surface area contributed by atoms with Crippen LogP contribution in [0, 0.1) is 5.92 Å². The topological polar surface area (TPSA) is 71.1 Å². The van der Waals surface area contributed by atoms with Gasteiger partial charge in [0.25, 0.3) is 5.91 Å². The van der Waals surface area contributed by atoms with Gasteiger partial charge in [0.2, 0.25) is 12.7 Å². The number of carbonyl (C=O) groups is 2. The van der Waals surface area contributed by atoms with E-state index in [9.17, 15) is 9.59 Å². The van der Waals surface area contributed by atoms with E-state index in [1.54, 1.807) is 23.1 Å². The second-order valence-electron chi connectivity index (χ2n) is 6.73. The van der Waals surface area contributed by atoms with E-state index in [0.717, 1.165) is 25.9 Å². The number of carbonyl (C=O) groups excluding carboxylic acids is 2. The highest BCUT2D eigenvalue weighted by Crippen LogP contribution is 2.32. The largest absolute Gasteiger partial charge is 0.454 e. The van der Waals surface area contributed by atoms with E-state index in [1.807, 2.05) is 4.90 Å². The maximum atomic E-state index is 12.7. The molecule has 0 saturated carbocycles. The average Bonchev–Trinajstić information content (AvgIpc) is 3.15. The molecule has 142 valence electrons. The Balaban J connectivity index is 0.00000196. The Morgan fingerprint density at radius 3 is 2.50 bits per heavy atom. The number of nitrogens with zero attached hydrogens (tertiary/aromatic N) is 2. The zero-order valence-electron chi connectivity index (χ0n) is 14.6. The molecule has 8 heteroatoms. The minimum Gasteiger partial charge on any atom is -0.454 e. The number of piperidine rings is 1. The molecule has 1 unspecified atom stereocenters. The number of hydrogen-bond donors (Lipinski definition) is 1. The van der Waals surface area contributed by atoms with Crippen LogP contribution >= 0.6 is 12.4 Å². The van der Waals surface area contributed by atoms with Crippen molar-refractivity contribution in [3.05, 3.63) is 23.8 Å². The van der Waals surface area contributed by atoms with Gasteiger partial charge in [0.05, 0.1) is 5.92 Å². The molecule has 0 radical (unpaired) electrons. The molecular weight excluding hydrogens is 358 g/mol. The Labute approximate surface area is 159 Å². The summed E-state index contributed by atoms with van der Waals surface area (Å²) in [6, 6.07) is 5.27. The molecule has 1 atom stereocenters. The van der Waals surface area contributed by atoms with E-state index < -0.39 is 0 Å². The number of halogens is 1. The van der Waals surface area contributed by atoms with Gasteiger partial charge in [-0.15, -0.1) is 12.4 Å². The predicted octanol–water partition coefficient (Wildman–Crippen LogP) is 1.12. The Bertz CT molecular complexity index is 670. The Morgan fingerprint density at radius 2 is 1.77 bits per heavy atom. The molecule has 26 heavy (non-hydrogen) atoms. The van der Waals surface area contributed by atoms with Crippen LogP contribution in [-0.4, -0.2) is 67.7 Å². The van der Waals surface area contributed by atoms with Crippen LogP contribution in [0.15, 0.2) is 18.2 Å². The van der Waals surface area contributed by atoms with Crippen molar-refractivity contribution in [2.24, 2.45) is 5.92 Å². The van der Waals surface area contributed by atoms with Gasteiger partial charge in [-0.25, -0.2) is 0 Å². The highest BCUT2D eigenvalue weighted by Gasteiger charge is 2.30. The third-order valence-electron chi connectivity index (χ3n) is 5.14. The SMILES string of the molecule is Cl.O=C(c1ccc2c(c1)OCO2)N1CCN(C(=O)C2CCCNC2)CC1. The summed E-state index contributed by atoms with van der Waals surface area (Å²) in [5.74, 6) is 1.58. The van der Waals surface area contributed by atoms with Crippen LogP contribution in [0.1, 0.15) is 23.2 Å². The normalized spacial score (nSPS) is 21.9. The number of rotatable bonds is 2. The molecule has 2 saturated heterocycles. The molecule has 1 N–H and O–H groups in total. The van der Waals surface area contributed by atoms with Gasteiger partial charge in [0, 0.05) is 38.3 Å². The van der Waals surface area contributed by atoms with Crippen LogP contribution in [0.2, 0.25) is 0 Å². The van der Waals surface area contributed by atoms with Crippen molar-refractivity contribution in [1.29, 1.82) is 0 Å². The third-order valence-corrected chi connectivity index (χ3v) is 5.14. The van der Waals surface area contributed by atoms with Crippen LogP contribution in [0.25, 0.3) is 0 Å².